The Kier molecular flexibility index (Phi) is 5.78. The van der Waals surface area contributed by atoms with Crippen molar-refractivity contribution in [2.45, 2.75) is 13.8 Å². The summed E-state index contributed by atoms with van der Waals surface area (Å²) in [5, 5.41) is 36.9. The van der Waals surface area contributed by atoms with Gasteiger partial charge in [-0.2, -0.15) is 15.3 Å². The van der Waals surface area contributed by atoms with E-state index in [9.17, 15) is 20.1 Å². The lowest BCUT2D eigenvalue weighted by Crippen LogP contribution is -2.55. The second kappa shape index (κ2) is 9.11. The third-order valence-corrected chi connectivity index (χ3v) is 6.00. The Morgan fingerprint density at radius 2 is 1.55 bits per heavy atom. The molecule has 0 aliphatic carbocycles. The van der Waals surface area contributed by atoms with Crippen LogP contribution in [0.2, 0.25) is 0 Å². The number of aryl methyl sites for hydroxylation is 2. The van der Waals surface area contributed by atoms with Crippen molar-refractivity contribution < 1.29 is 9.48 Å². The standard InChI is InChI=1S/C26H20N10O2/c1-15-29-33(3)25(37)35(31-15)20-11-18-6-5-17-8-10-24(36-26(38)34(4)30-16(2)32-36)21(23(17)14-28)9-7-19(12-20)22(18)13-27/h5-12H,1-4H3. The number of carbonyl (C=O) groups is 1. The fourth-order valence-corrected chi connectivity index (χ4v) is 4.31. The van der Waals surface area contributed by atoms with Crippen LogP contribution in [0, 0.1) is 29.6 Å². The van der Waals surface area contributed by atoms with Crippen LogP contribution in [0.15, 0.2) is 58.4 Å². The van der Waals surface area contributed by atoms with Gasteiger partial charge in [-0.05, 0) is 53.4 Å². The van der Waals surface area contributed by atoms with Crippen LogP contribution in [-0.4, -0.2) is 38.8 Å². The molecule has 1 aliphatic heterocycles. The summed E-state index contributed by atoms with van der Waals surface area (Å²) < 4.78 is 2.36. The van der Waals surface area contributed by atoms with E-state index in [4.69, 9.17) is 0 Å². The second-order valence-electron chi connectivity index (χ2n) is 8.58. The zero-order chi connectivity index (χ0) is 27.1. The first kappa shape index (κ1) is 24.1. The molecular weight excluding hydrogens is 484 g/mol. The van der Waals surface area contributed by atoms with Crippen LogP contribution in [0.5, 0.6) is 0 Å². The van der Waals surface area contributed by atoms with Crippen LogP contribution in [0.4, 0.5) is 10.5 Å². The van der Waals surface area contributed by atoms with E-state index < -0.39 is 11.7 Å². The van der Waals surface area contributed by atoms with E-state index in [0.29, 0.717) is 55.7 Å². The number of nitriles is 2. The van der Waals surface area contributed by atoms with Gasteiger partial charge in [0.1, 0.15) is 19.2 Å². The van der Waals surface area contributed by atoms with E-state index in [1.807, 2.05) is 0 Å². The fraction of sp³-hybridized carbons (Fsp3) is 0.154. The number of urea groups is 1. The van der Waals surface area contributed by atoms with Gasteiger partial charge in [-0.3, -0.25) is 5.01 Å². The topological polar surface area (TPSA) is 149 Å². The van der Waals surface area contributed by atoms with Crippen LogP contribution < -0.4 is 15.4 Å². The summed E-state index contributed by atoms with van der Waals surface area (Å²) in [7, 11) is 3.05. The highest BCUT2D eigenvalue weighted by atomic mass is 16.2. The molecule has 0 saturated carbocycles. The van der Waals surface area contributed by atoms with E-state index in [-0.39, 0.29) is 0 Å². The van der Waals surface area contributed by atoms with Gasteiger partial charge in [0.15, 0.2) is 5.69 Å². The van der Waals surface area contributed by atoms with Crippen molar-refractivity contribution in [3.63, 3.8) is 0 Å². The Hall–Kier alpha value is -5.62. The molecule has 0 spiro atoms. The summed E-state index contributed by atoms with van der Waals surface area (Å²) in [6.07, 6.45) is 0. The predicted octanol–water partition coefficient (Wildman–Crippen LogP) is 2.87. The number of aromatic nitrogens is 4. The third-order valence-electron chi connectivity index (χ3n) is 6.00. The monoisotopic (exact) mass is 504 g/mol. The van der Waals surface area contributed by atoms with E-state index in [2.05, 4.69) is 32.9 Å². The van der Waals surface area contributed by atoms with Gasteiger partial charge in [-0.1, -0.05) is 43.6 Å². The van der Waals surface area contributed by atoms with Gasteiger partial charge in [-0.25, -0.2) is 4.79 Å². The average Bonchev–Trinajstić information content (AvgIpc) is 2.89. The van der Waals surface area contributed by atoms with Crippen LogP contribution >= 0.6 is 0 Å². The fourth-order valence-electron chi connectivity index (χ4n) is 4.31. The maximum Gasteiger partial charge on any atom is 0.544 e. The summed E-state index contributed by atoms with van der Waals surface area (Å²) >= 11 is 0. The molecule has 2 amide bonds. The quantitative estimate of drug-likeness (QED) is 0.383. The van der Waals surface area contributed by atoms with Gasteiger partial charge in [0.05, 0.1) is 16.8 Å². The molecule has 1 aromatic heterocycles. The molecule has 1 aliphatic rings. The number of amidine groups is 1. The summed E-state index contributed by atoms with van der Waals surface area (Å²) in [6.45, 7) is 3.34. The number of hydrogen-bond donors (Lipinski definition) is 0. The number of carbonyl (C=O) groups excluding carboxylic acids is 1. The molecule has 0 radical (unpaired) electrons. The Bertz CT molecular complexity index is 1880. The van der Waals surface area contributed by atoms with Gasteiger partial charge in [-0.15, -0.1) is 0 Å². The SMILES string of the molecule is CC1=NN(C)C(=O)N(c2cc3ccc4ccc(-n5nc(C)n[n+](C)c5=O)c(ccc(c2)c3C#N)c4C#N)[N-]1. The number of fused-ring (bicyclic) bond motifs is 4. The largest absolute Gasteiger partial charge is 0.544 e. The van der Waals surface area contributed by atoms with Crippen molar-refractivity contribution in [3.05, 3.63) is 81.4 Å². The first-order chi connectivity index (χ1) is 18.2. The molecular formula is C26H20N10O2. The number of rotatable bonds is 2. The van der Waals surface area contributed by atoms with Crippen molar-refractivity contribution in [3.8, 4) is 17.8 Å². The van der Waals surface area contributed by atoms with Crippen molar-refractivity contribution in [1.82, 2.24) is 19.9 Å². The Morgan fingerprint density at radius 3 is 2.24 bits per heavy atom. The zero-order valence-corrected chi connectivity index (χ0v) is 20.9. The lowest BCUT2D eigenvalue weighted by molar-refractivity contribution is -0.750. The molecule has 12 heteroatoms. The number of anilines is 1. The van der Waals surface area contributed by atoms with E-state index in [1.165, 1.54) is 33.5 Å². The van der Waals surface area contributed by atoms with Crippen LogP contribution in [0.1, 0.15) is 23.9 Å². The van der Waals surface area contributed by atoms with Crippen molar-refractivity contribution in [1.29, 1.82) is 10.5 Å². The number of hydrogen-bond acceptors (Lipinski definition) is 7. The molecule has 5 rings (SSSR count). The average molecular weight is 505 g/mol. The smallest absolute Gasteiger partial charge is 0.374 e. The van der Waals surface area contributed by atoms with E-state index in [0.717, 1.165) is 0 Å². The van der Waals surface area contributed by atoms with E-state index >= 15 is 0 Å². The molecule has 2 heterocycles. The maximum absolute atomic E-state index is 12.9. The van der Waals surface area contributed by atoms with Gasteiger partial charge in [0.25, 0.3) is 0 Å². The molecule has 0 saturated heterocycles. The lowest BCUT2D eigenvalue weighted by atomic mass is 10.0. The Balaban J connectivity index is 1.86. The second-order valence-corrected chi connectivity index (χ2v) is 8.58. The Labute approximate surface area is 216 Å². The molecule has 0 atom stereocenters. The van der Waals surface area contributed by atoms with Crippen LogP contribution in [0.25, 0.3) is 32.7 Å². The summed E-state index contributed by atoms with van der Waals surface area (Å²) in [5.41, 5.74) is 5.31. The predicted molar refractivity (Wildman–Crippen MR) is 139 cm³/mol. The number of nitrogens with zero attached hydrogens (tertiary/aromatic N) is 10. The molecule has 0 N–H and O–H groups in total. The summed E-state index contributed by atoms with van der Waals surface area (Å²) in [6, 6.07) is 17.6. The highest BCUT2D eigenvalue weighted by molar-refractivity contribution is 6.09. The molecule has 4 bridgehead atoms. The normalized spacial score (nSPS) is 13.1. The lowest BCUT2D eigenvalue weighted by Gasteiger charge is -2.39. The summed E-state index contributed by atoms with van der Waals surface area (Å²) in [5.74, 6) is 0.761. The van der Waals surface area contributed by atoms with E-state index in [1.54, 1.807) is 62.4 Å². The van der Waals surface area contributed by atoms with Crippen molar-refractivity contribution in [2.75, 3.05) is 12.1 Å². The first-order valence-electron chi connectivity index (χ1n) is 11.4. The van der Waals surface area contributed by atoms with Gasteiger partial charge < -0.3 is 15.5 Å². The molecule has 4 aromatic rings. The molecule has 12 nitrogen and oxygen atoms in total. The number of benzene rings is 2. The third kappa shape index (κ3) is 3.96. The summed E-state index contributed by atoms with van der Waals surface area (Å²) in [4.78, 5) is 25.7. The molecule has 0 fully saturated rings. The maximum atomic E-state index is 12.9. The van der Waals surface area contributed by atoms with Crippen molar-refractivity contribution >= 4 is 39.1 Å². The number of hydrazone groups is 1. The minimum absolute atomic E-state index is 0.333. The molecule has 38 heavy (non-hydrogen) atoms. The zero-order valence-electron chi connectivity index (χ0n) is 20.9. The van der Waals surface area contributed by atoms with Crippen molar-refractivity contribution in [2.24, 2.45) is 12.1 Å². The van der Waals surface area contributed by atoms with Crippen LogP contribution in [-0.2, 0) is 7.05 Å². The highest BCUT2D eigenvalue weighted by Gasteiger charge is 2.21. The first-order valence-corrected chi connectivity index (χ1v) is 11.4. The Morgan fingerprint density at radius 1 is 0.921 bits per heavy atom. The van der Waals surface area contributed by atoms with Gasteiger partial charge >= 0.3 is 11.7 Å². The minimum Gasteiger partial charge on any atom is -0.374 e. The van der Waals surface area contributed by atoms with Crippen LogP contribution in [0.3, 0.4) is 0 Å². The highest BCUT2D eigenvalue weighted by Crippen LogP contribution is 2.31. The molecule has 186 valence electrons. The molecule has 3 aromatic carbocycles. The van der Waals surface area contributed by atoms with Gasteiger partial charge in [0.2, 0.25) is 5.82 Å². The minimum atomic E-state index is -0.488. The molecule has 0 unspecified atom stereocenters. The number of amides is 2. The van der Waals surface area contributed by atoms with Gasteiger partial charge in [0, 0.05) is 19.4 Å².